The summed E-state index contributed by atoms with van der Waals surface area (Å²) in [6.45, 7) is 10.8. The van der Waals surface area contributed by atoms with Crippen LogP contribution in [0.5, 0.6) is 0 Å². The van der Waals surface area contributed by atoms with Crippen molar-refractivity contribution in [3.8, 4) is 11.3 Å². The van der Waals surface area contributed by atoms with Gasteiger partial charge in [-0.25, -0.2) is 9.50 Å². The molecule has 1 amide bonds. The summed E-state index contributed by atoms with van der Waals surface area (Å²) in [5.41, 5.74) is 4.16. The summed E-state index contributed by atoms with van der Waals surface area (Å²) in [5, 5.41) is 11.4. The van der Waals surface area contributed by atoms with Gasteiger partial charge in [0.1, 0.15) is 0 Å². The van der Waals surface area contributed by atoms with E-state index in [1.54, 1.807) is 16.8 Å². The minimum Gasteiger partial charge on any atom is -0.348 e. The lowest BCUT2D eigenvalue weighted by Crippen LogP contribution is -2.62. The monoisotopic (exact) mass is 391 g/mol. The Kier molecular flexibility index (Phi) is 4.69. The number of hydrogen-bond donors (Lipinski definition) is 2. The van der Waals surface area contributed by atoms with E-state index in [0.717, 1.165) is 24.1 Å². The molecule has 4 rings (SSSR count). The van der Waals surface area contributed by atoms with Crippen LogP contribution >= 0.6 is 0 Å². The Morgan fingerprint density at radius 1 is 1.10 bits per heavy atom. The van der Waals surface area contributed by atoms with Crippen molar-refractivity contribution in [3.63, 3.8) is 0 Å². The number of carbonyl (C=O) groups is 1. The van der Waals surface area contributed by atoms with Gasteiger partial charge in [0, 0.05) is 34.9 Å². The third-order valence-electron chi connectivity index (χ3n) is 5.46. The van der Waals surface area contributed by atoms with Crippen LogP contribution in [-0.4, -0.2) is 37.6 Å². The van der Waals surface area contributed by atoms with Gasteiger partial charge in [-0.1, -0.05) is 29.8 Å². The van der Waals surface area contributed by atoms with Gasteiger partial charge in [-0.05, 0) is 53.5 Å². The molecule has 29 heavy (non-hydrogen) atoms. The number of hydrogen-bond acceptors (Lipinski definition) is 4. The Morgan fingerprint density at radius 2 is 1.76 bits per heavy atom. The molecule has 1 saturated heterocycles. The SMILES string of the molecule is Cc1ccc(-c2ccnc3cc(C(=O)NC4CC(C)(C)NC(C)(C)C4)nn23)cc1. The Hall–Kier alpha value is -2.73. The van der Waals surface area contributed by atoms with E-state index < -0.39 is 0 Å². The lowest BCUT2D eigenvalue weighted by molar-refractivity contribution is 0.0868. The molecule has 0 saturated carbocycles. The summed E-state index contributed by atoms with van der Waals surface area (Å²) in [6, 6.07) is 12.0. The first kappa shape index (κ1) is 19.6. The van der Waals surface area contributed by atoms with Crippen molar-refractivity contribution in [2.75, 3.05) is 0 Å². The molecule has 2 aromatic heterocycles. The molecular formula is C23H29N5O. The Bertz CT molecular complexity index is 1030. The molecule has 0 aliphatic carbocycles. The van der Waals surface area contributed by atoms with Crippen LogP contribution < -0.4 is 10.6 Å². The largest absolute Gasteiger partial charge is 0.348 e. The topological polar surface area (TPSA) is 71.3 Å². The van der Waals surface area contributed by atoms with Gasteiger partial charge in [0.25, 0.3) is 5.91 Å². The normalized spacial score (nSPS) is 18.7. The number of carbonyl (C=O) groups excluding carboxylic acids is 1. The molecule has 6 heteroatoms. The Labute approximate surface area is 171 Å². The Balaban J connectivity index is 1.61. The van der Waals surface area contributed by atoms with E-state index >= 15 is 0 Å². The second-order valence-corrected chi connectivity index (χ2v) is 9.47. The van der Waals surface area contributed by atoms with Crippen LogP contribution in [0.4, 0.5) is 0 Å². The van der Waals surface area contributed by atoms with E-state index in [2.05, 4.69) is 79.6 Å². The molecule has 2 N–H and O–H groups in total. The number of piperidine rings is 1. The predicted octanol–water partition coefficient (Wildman–Crippen LogP) is 3.74. The first-order chi connectivity index (χ1) is 13.6. The van der Waals surface area contributed by atoms with E-state index in [-0.39, 0.29) is 23.0 Å². The third kappa shape index (κ3) is 4.17. The average Bonchev–Trinajstić information content (AvgIpc) is 3.04. The van der Waals surface area contributed by atoms with Gasteiger partial charge in [-0.15, -0.1) is 0 Å². The van der Waals surface area contributed by atoms with E-state index in [1.807, 2.05) is 6.07 Å². The molecule has 1 aliphatic heterocycles. The standard InChI is InChI=1S/C23H29N5O/c1-15-6-8-16(9-7-15)19-10-11-24-20-12-18(26-28(19)20)21(29)25-17-13-22(2,3)27-23(4,5)14-17/h6-12,17,27H,13-14H2,1-5H3,(H,25,29). The van der Waals surface area contributed by atoms with Crippen molar-refractivity contribution in [1.29, 1.82) is 0 Å². The van der Waals surface area contributed by atoms with Gasteiger partial charge >= 0.3 is 0 Å². The van der Waals surface area contributed by atoms with E-state index in [9.17, 15) is 4.79 Å². The van der Waals surface area contributed by atoms with Crippen LogP contribution in [0.15, 0.2) is 42.6 Å². The molecule has 0 atom stereocenters. The average molecular weight is 392 g/mol. The number of nitrogens with one attached hydrogen (secondary N) is 2. The molecule has 3 heterocycles. The summed E-state index contributed by atoms with van der Waals surface area (Å²) < 4.78 is 1.75. The van der Waals surface area contributed by atoms with E-state index in [1.165, 1.54) is 5.56 Å². The maximum atomic E-state index is 13.0. The molecule has 0 radical (unpaired) electrons. The van der Waals surface area contributed by atoms with Gasteiger partial charge in [0.05, 0.1) is 5.69 Å². The highest BCUT2D eigenvalue weighted by molar-refractivity contribution is 5.93. The van der Waals surface area contributed by atoms with Crippen molar-refractivity contribution in [3.05, 3.63) is 53.9 Å². The van der Waals surface area contributed by atoms with Crippen LogP contribution in [-0.2, 0) is 0 Å². The van der Waals surface area contributed by atoms with Crippen LogP contribution in [0, 0.1) is 6.92 Å². The summed E-state index contributed by atoms with van der Waals surface area (Å²) >= 11 is 0. The number of benzene rings is 1. The van der Waals surface area contributed by atoms with Gasteiger partial charge in [0.15, 0.2) is 11.3 Å². The van der Waals surface area contributed by atoms with Gasteiger partial charge in [-0.3, -0.25) is 4.79 Å². The number of fused-ring (bicyclic) bond motifs is 1. The second-order valence-electron chi connectivity index (χ2n) is 9.47. The van der Waals surface area contributed by atoms with E-state index in [0.29, 0.717) is 11.3 Å². The van der Waals surface area contributed by atoms with Crippen LogP contribution in [0.2, 0.25) is 0 Å². The second kappa shape index (κ2) is 6.95. The molecule has 0 unspecified atom stereocenters. The van der Waals surface area contributed by atoms with Gasteiger partial charge in [-0.2, -0.15) is 5.10 Å². The van der Waals surface area contributed by atoms with Crippen LogP contribution in [0.1, 0.15) is 56.6 Å². The molecule has 0 bridgehead atoms. The predicted molar refractivity (Wildman–Crippen MR) is 115 cm³/mol. The van der Waals surface area contributed by atoms with Gasteiger partial charge in [0.2, 0.25) is 0 Å². The zero-order valence-electron chi connectivity index (χ0n) is 17.8. The summed E-state index contributed by atoms with van der Waals surface area (Å²) in [7, 11) is 0. The van der Waals surface area contributed by atoms with Crippen molar-refractivity contribution in [2.24, 2.45) is 0 Å². The van der Waals surface area contributed by atoms with Crippen molar-refractivity contribution < 1.29 is 4.79 Å². The van der Waals surface area contributed by atoms with Gasteiger partial charge < -0.3 is 10.6 Å². The fraction of sp³-hybridized carbons (Fsp3) is 0.435. The highest BCUT2D eigenvalue weighted by atomic mass is 16.2. The molecule has 152 valence electrons. The van der Waals surface area contributed by atoms with Crippen molar-refractivity contribution in [2.45, 2.75) is 64.6 Å². The Morgan fingerprint density at radius 3 is 2.41 bits per heavy atom. The van der Waals surface area contributed by atoms with Crippen molar-refractivity contribution in [1.82, 2.24) is 25.2 Å². The van der Waals surface area contributed by atoms with Crippen molar-refractivity contribution >= 4 is 11.6 Å². The number of aromatic nitrogens is 3. The molecule has 0 spiro atoms. The molecule has 3 aromatic rings. The maximum absolute atomic E-state index is 13.0. The molecule has 6 nitrogen and oxygen atoms in total. The molecule has 1 fully saturated rings. The highest BCUT2D eigenvalue weighted by Gasteiger charge is 2.38. The summed E-state index contributed by atoms with van der Waals surface area (Å²) in [4.78, 5) is 17.4. The fourth-order valence-corrected chi connectivity index (χ4v) is 4.63. The summed E-state index contributed by atoms with van der Waals surface area (Å²) in [6.07, 6.45) is 3.51. The maximum Gasteiger partial charge on any atom is 0.272 e. The third-order valence-corrected chi connectivity index (χ3v) is 5.46. The smallest absolute Gasteiger partial charge is 0.272 e. The zero-order chi connectivity index (χ0) is 20.8. The zero-order valence-corrected chi connectivity index (χ0v) is 17.8. The molecule has 1 aromatic carbocycles. The number of nitrogens with zero attached hydrogens (tertiary/aromatic N) is 3. The number of aryl methyl sites for hydroxylation is 1. The lowest BCUT2D eigenvalue weighted by Gasteiger charge is -2.46. The fourth-order valence-electron chi connectivity index (χ4n) is 4.63. The first-order valence-corrected chi connectivity index (χ1v) is 10.1. The molecular weight excluding hydrogens is 362 g/mol. The summed E-state index contributed by atoms with van der Waals surface area (Å²) in [5.74, 6) is -0.149. The number of amides is 1. The lowest BCUT2D eigenvalue weighted by atomic mass is 9.79. The number of rotatable bonds is 3. The quantitative estimate of drug-likeness (QED) is 0.713. The van der Waals surface area contributed by atoms with E-state index in [4.69, 9.17) is 0 Å². The van der Waals surface area contributed by atoms with Crippen LogP contribution in [0.3, 0.4) is 0 Å². The highest BCUT2D eigenvalue weighted by Crippen LogP contribution is 2.28. The minimum absolute atomic E-state index is 0.0290. The minimum atomic E-state index is -0.149. The first-order valence-electron chi connectivity index (χ1n) is 10.1. The molecule has 1 aliphatic rings. The van der Waals surface area contributed by atoms with Crippen LogP contribution in [0.25, 0.3) is 16.9 Å².